The van der Waals surface area contributed by atoms with Gasteiger partial charge >= 0.3 is 0 Å². The molecule has 1 aliphatic rings. The molecule has 0 saturated carbocycles. The zero-order valence-electron chi connectivity index (χ0n) is 12.6. The summed E-state index contributed by atoms with van der Waals surface area (Å²) in [5.74, 6) is 0.745. The lowest BCUT2D eigenvalue weighted by molar-refractivity contribution is 0.172. The monoisotopic (exact) mass is 316 g/mol. The maximum Gasteiger partial charge on any atom is 0.199 e. The number of hydrogen-bond acceptors (Lipinski definition) is 5. The Labute approximate surface area is 135 Å². The molecule has 1 aliphatic heterocycles. The highest BCUT2D eigenvalue weighted by atomic mass is 32.1. The highest BCUT2D eigenvalue weighted by molar-refractivity contribution is 7.71. The fourth-order valence-electron chi connectivity index (χ4n) is 2.72. The van der Waals surface area contributed by atoms with Crippen LogP contribution in [0.25, 0.3) is 11.5 Å². The second-order valence-electron chi connectivity index (χ2n) is 5.42. The predicted molar refractivity (Wildman–Crippen MR) is 87.7 cm³/mol. The first-order chi connectivity index (χ1) is 10.8. The van der Waals surface area contributed by atoms with Crippen molar-refractivity contribution in [1.29, 1.82) is 0 Å². The molecule has 6 nitrogen and oxygen atoms in total. The van der Waals surface area contributed by atoms with Crippen molar-refractivity contribution >= 4 is 12.2 Å². The Hall–Kier alpha value is -1.86. The summed E-state index contributed by atoms with van der Waals surface area (Å²) >= 11 is 5.59. The zero-order valence-corrected chi connectivity index (χ0v) is 13.4. The third-order valence-corrected chi connectivity index (χ3v) is 4.24. The van der Waals surface area contributed by atoms with Crippen molar-refractivity contribution in [2.75, 3.05) is 13.1 Å². The van der Waals surface area contributed by atoms with E-state index in [9.17, 15) is 0 Å². The number of rotatable bonds is 5. The molecule has 3 heterocycles. The van der Waals surface area contributed by atoms with E-state index >= 15 is 0 Å². The van der Waals surface area contributed by atoms with Gasteiger partial charge in [0.25, 0.3) is 0 Å². The molecule has 22 heavy (non-hydrogen) atoms. The SMILES string of the molecule is C=CCn1c(-c2cnccn2)nn(CN2CCCCC2)c1=S. The second-order valence-corrected chi connectivity index (χ2v) is 5.78. The maximum atomic E-state index is 5.59. The van der Waals surface area contributed by atoms with E-state index in [-0.39, 0.29) is 0 Å². The van der Waals surface area contributed by atoms with Gasteiger partial charge in [-0.05, 0) is 38.1 Å². The van der Waals surface area contributed by atoms with Crippen LogP contribution in [0.15, 0.2) is 31.2 Å². The van der Waals surface area contributed by atoms with Gasteiger partial charge in [-0.2, -0.15) is 0 Å². The van der Waals surface area contributed by atoms with E-state index in [2.05, 4.69) is 26.5 Å². The Morgan fingerprint density at radius 3 is 2.73 bits per heavy atom. The summed E-state index contributed by atoms with van der Waals surface area (Å²) in [6.07, 6.45) is 10.7. The molecule has 2 aromatic heterocycles. The summed E-state index contributed by atoms with van der Waals surface area (Å²) in [4.78, 5) is 10.9. The molecule has 0 aromatic carbocycles. The van der Waals surface area contributed by atoms with Gasteiger partial charge in [0, 0.05) is 18.9 Å². The number of piperidine rings is 1. The molecule has 1 saturated heterocycles. The summed E-state index contributed by atoms with van der Waals surface area (Å²) in [6, 6.07) is 0. The van der Waals surface area contributed by atoms with Gasteiger partial charge < -0.3 is 0 Å². The Bertz CT molecular complexity index is 684. The number of likely N-dealkylation sites (tertiary alicyclic amines) is 1. The van der Waals surface area contributed by atoms with Gasteiger partial charge in [-0.1, -0.05) is 12.5 Å². The van der Waals surface area contributed by atoms with Crippen LogP contribution >= 0.6 is 12.2 Å². The van der Waals surface area contributed by atoms with E-state index in [4.69, 9.17) is 12.2 Å². The smallest absolute Gasteiger partial charge is 0.199 e. The third-order valence-electron chi connectivity index (χ3n) is 3.81. The summed E-state index contributed by atoms with van der Waals surface area (Å²) in [7, 11) is 0. The van der Waals surface area contributed by atoms with Crippen molar-refractivity contribution < 1.29 is 0 Å². The van der Waals surface area contributed by atoms with E-state index < -0.39 is 0 Å². The van der Waals surface area contributed by atoms with Crippen LogP contribution in [0.3, 0.4) is 0 Å². The van der Waals surface area contributed by atoms with Gasteiger partial charge in [0.15, 0.2) is 10.6 Å². The molecule has 0 unspecified atom stereocenters. The van der Waals surface area contributed by atoms with Crippen molar-refractivity contribution in [2.24, 2.45) is 0 Å². The normalized spacial score (nSPS) is 15.8. The number of nitrogens with zero attached hydrogens (tertiary/aromatic N) is 6. The fourth-order valence-corrected chi connectivity index (χ4v) is 2.98. The standard InChI is InChI=1S/C15H20N6S/c1-2-8-20-14(13-11-16-6-7-17-13)18-21(15(20)22)12-19-9-4-3-5-10-19/h2,6-7,11H,1,3-5,8-10,12H2. The van der Waals surface area contributed by atoms with Gasteiger partial charge in [-0.3, -0.25) is 14.5 Å². The minimum Gasteiger partial charge on any atom is -0.295 e. The lowest BCUT2D eigenvalue weighted by Gasteiger charge is -2.25. The first-order valence-electron chi connectivity index (χ1n) is 7.57. The lowest BCUT2D eigenvalue weighted by Crippen LogP contribution is -2.32. The minimum absolute atomic E-state index is 0.616. The molecule has 2 aromatic rings. The molecule has 0 N–H and O–H groups in total. The van der Waals surface area contributed by atoms with E-state index in [1.165, 1.54) is 19.3 Å². The van der Waals surface area contributed by atoms with Crippen LogP contribution in [0.2, 0.25) is 0 Å². The predicted octanol–water partition coefficient (Wildman–Crippen LogP) is 2.50. The van der Waals surface area contributed by atoms with E-state index in [1.54, 1.807) is 18.6 Å². The Balaban J connectivity index is 1.94. The first-order valence-corrected chi connectivity index (χ1v) is 7.97. The second kappa shape index (κ2) is 6.93. The van der Waals surface area contributed by atoms with Crippen LogP contribution in [0.4, 0.5) is 0 Å². The van der Waals surface area contributed by atoms with Gasteiger partial charge in [0.2, 0.25) is 0 Å². The van der Waals surface area contributed by atoms with Gasteiger partial charge in [-0.15, -0.1) is 11.7 Å². The van der Waals surface area contributed by atoms with E-state index in [0.29, 0.717) is 11.3 Å². The number of allylic oxidation sites excluding steroid dienone is 1. The Morgan fingerprint density at radius 2 is 2.05 bits per heavy atom. The van der Waals surface area contributed by atoms with Crippen molar-refractivity contribution in [2.45, 2.75) is 32.5 Å². The quantitative estimate of drug-likeness (QED) is 0.626. The van der Waals surface area contributed by atoms with E-state index in [0.717, 1.165) is 31.3 Å². The van der Waals surface area contributed by atoms with Crippen LogP contribution < -0.4 is 0 Å². The van der Waals surface area contributed by atoms with E-state index in [1.807, 2.05) is 15.3 Å². The van der Waals surface area contributed by atoms with Crippen molar-refractivity contribution in [3.63, 3.8) is 0 Å². The van der Waals surface area contributed by atoms with Crippen LogP contribution in [-0.2, 0) is 13.2 Å². The molecule has 1 fully saturated rings. The third kappa shape index (κ3) is 3.15. The molecule has 0 bridgehead atoms. The molecular weight excluding hydrogens is 296 g/mol. The first kappa shape index (κ1) is 15.1. The summed E-state index contributed by atoms with van der Waals surface area (Å²) < 4.78 is 4.54. The Kier molecular flexibility index (Phi) is 4.74. The zero-order chi connectivity index (χ0) is 15.4. The molecule has 116 valence electrons. The molecular formula is C15H20N6S. The van der Waals surface area contributed by atoms with Crippen molar-refractivity contribution in [3.05, 3.63) is 36.0 Å². The molecule has 7 heteroatoms. The van der Waals surface area contributed by atoms with Gasteiger partial charge in [0.05, 0.1) is 12.9 Å². The van der Waals surface area contributed by atoms with Crippen LogP contribution in [0.5, 0.6) is 0 Å². The van der Waals surface area contributed by atoms with Crippen molar-refractivity contribution in [1.82, 2.24) is 29.2 Å². The highest BCUT2D eigenvalue weighted by Gasteiger charge is 2.16. The average Bonchev–Trinajstić information content (AvgIpc) is 2.87. The maximum absolute atomic E-state index is 5.59. The summed E-state index contributed by atoms with van der Waals surface area (Å²) in [6.45, 7) is 7.37. The average molecular weight is 316 g/mol. The van der Waals surface area contributed by atoms with Crippen LogP contribution in [-0.4, -0.2) is 42.3 Å². The molecule has 0 spiro atoms. The molecule has 0 radical (unpaired) electrons. The summed E-state index contributed by atoms with van der Waals surface area (Å²) in [5.41, 5.74) is 0.729. The number of hydrogen-bond donors (Lipinski definition) is 0. The number of aromatic nitrogens is 5. The summed E-state index contributed by atoms with van der Waals surface area (Å²) in [5, 5.41) is 4.68. The largest absolute Gasteiger partial charge is 0.295 e. The van der Waals surface area contributed by atoms with Crippen LogP contribution in [0, 0.1) is 4.77 Å². The fraction of sp³-hybridized carbons (Fsp3) is 0.467. The topological polar surface area (TPSA) is 51.8 Å². The van der Waals surface area contributed by atoms with Crippen LogP contribution in [0.1, 0.15) is 19.3 Å². The molecule has 0 aliphatic carbocycles. The van der Waals surface area contributed by atoms with Gasteiger partial charge in [0.1, 0.15) is 5.69 Å². The minimum atomic E-state index is 0.616. The molecule has 0 amide bonds. The van der Waals surface area contributed by atoms with Gasteiger partial charge in [-0.25, -0.2) is 9.67 Å². The lowest BCUT2D eigenvalue weighted by atomic mass is 10.1. The molecule has 3 rings (SSSR count). The Morgan fingerprint density at radius 1 is 1.23 bits per heavy atom. The van der Waals surface area contributed by atoms with Crippen molar-refractivity contribution in [3.8, 4) is 11.5 Å². The highest BCUT2D eigenvalue weighted by Crippen LogP contribution is 2.16. The molecule has 0 atom stereocenters.